The number of thioether (sulfide) groups is 1. The van der Waals surface area contributed by atoms with Gasteiger partial charge < -0.3 is 15.8 Å². The monoisotopic (exact) mass is 367 g/mol. The van der Waals surface area contributed by atoms with Crippen molar-refractivity contribution in [2.45, 2.75) is 23.7 Å². The zero-order valence-corrected chi connectivity index (χ0v) is 15.1. The number of nitriles is 2. The van der Waals surface area contributed by atoms with Crippen molar-refractivity contribution in [3.63, 3.8) is 0 Å². The number of carbonyl (C=O) groups excluding carboxylic acids is 1. The molecule has 0 aliphatic heterocycles. The van der Waals surface area contributed by atoms with Crippen molar-refractivity contribution in [1.29, 1.82) is 10.5 Å². The number of nitrogens with zero attached hydrogens (tertiary/aromatic N) is 3. The summed E-state index contributed by atoms with van der Waals surface area (Å²) in [5.74, 6) is 0.594. The molecule has 3 N–H and O–H groups in total. The van der Waals surface area contributed by atoms with E-state index >= 15 is 0 Å². The molecule has 0 saturated heterocycles. The van der Waals surface area contributed by atoms with Gasteiger partial charge in [0, 0.05) is 6.54 Å². The van der Waals surface area contributed by atoms with E-state index in [0.717, 1.165) is 23.1 Å². The molecule has 1 heterocycles. The van der Waals surface area contributed by atoms with Crippen LogP contribution in [0.4, 0.5) is 5.82 Å². The Hall–Kier alpha value is -3.23. The molecule has 132 valence electrons. The van der Waals surface area contributed by atoms with Crippen LogP contribution in [0.3, 0.4) is 0 Å². The highest BCUT2D eigenvalue weighted by Gasteiger charge is 2.18. The minimum Gasteiger partial charge on any atom is -0.497 e. The highest BCUT2D eigenvalue weighted by molar-refractivity contribution is 8.00. The fourth-order valence-corrected chi connectivity index (χ4v) is 2.97. The zero-order chi connectivity index (χ0) is 19.1. The number of ether oxygens (including phenoxy) is 1. The van der Waals surface area contributed by atoms with Gasteiger partial charge in [0.1, 0.15) is 28.7 Å². The highest BCUT2D eigenvalue weighted by Crippen LogP contribution is 2.27. The van der Waals surface area contributed by atoms with E-state index in [2.05, 4.69) is 10.3 Å². The SMILES string of the molecule is COc1ccc(CNC(=O)[C@H](C)Sc2nc(N)c(C#N)cc2C#N)cc1. The van der Waals surface area contributed by atoms with Crippen molar-refractivity contribution >= 4 is 23.5 Å². The van der Waals surface area contributed by atoms with Gasteiger partial charge in [-0.25, -0.2) is 4.98 Å². The largest absolute Gasteiger partial charge is 0.497 e. The van der Waals surface area contributed by atoms with Crippen LogP contribution in [-0.2, 0) is 11.3 Å². The molecule has 2 aromatic rings. The predicted molar refractivity (Wildman–Crippen MR) is 98.2 cm³/mol. The molecule has 8 heteroatoms. The molecule has 1 aromatic carbocycles. The van der Waals surface area contributed by atoms with Gasteiger partial charge in [-0.2, -0.15) is 10.5 Å². The van der Waals surface area contributed by atoms with Gasteiger partial charge in [-0.3, -0.25) is 4.79 Å². The van der Waals surface area contributed by atoms with Crippen molar-refractivity contribution in [2.75, 3.05) is 12.8 Å². The van der Waals surface area contributed by atoms with Crippen molar-refractivity contribution in [2.24, 2.45) is 0 Å². The maximum Gasteiger partial charge on any atom is 0.233 e. The second kappa shape index (κ2) is 8.75. The maximum atomic E-state index is 12.3. The summed E-state index contributed by atoms with van der Waals surface area (Å²) in [6.45, 7) is 2.09. The fourth-order valence-electron chi connectivity index (χ4n) is 2.07. The summed E-state index contributed by atoms with van der Waals surface area (Å²) < 4.78 is 5.09. The topological polar surface area (TPSA) is 125 Å². The molecule has 2 rings (SSSR count). The Bertz CT molecular complexity index is 884. The number of pyridine rings is 1. The van der Waals surface area contributed by atoms with E-state index in [0.29, 0.717) is 11.6 Å². The Labute approximate surface area is 155 Å². The summed E-state index contributed by atoms with van der Waals surface area (Å²) >= 11 is 1.12. The molecule has 7 nitrogen and oxygen atoms in total. The first-order valence-corrected chi connectivity index (χ1v) is 8.54. The maximum absolute atomic E-state index is 12.3. The predicted octanol–water partition coefficient (Wildman–Crippen LogP) is 2.21. The van der Waals surface area contributed by atoms with Crippen molar-refractivity contribution in [1.82, 2.24) is 10.3 Å². The third kappa shape index (κ3) is 4.65. The van der Waals surface area contributed by atoms with Gasteiger partial charge in [0.05, 0.1) is 23.5 Å². The number of hydrogen-bond donors (Lipinski definition) is 2. The third-order valence-electron chi connectivity index (χ3n) is 3.54. The number of aromatic nitrogens is 1. The van der Waals surface area contributed by atoms with Crippen LogP contribution < -0.4 is 15.8 Å². The zero-order valence-electron chi connectivity index (χ0n) is 14.3. The second-order valence-corrected chi connectivity index (χ2v) is 6.65. The van der Waals surface area contributed by atoms with E-state index in [1.807, 2.05) is 36.4 Å². The van der Waals surface area contributed by atoms with Crippen LogP contribution in [0.2, 0.25) is 0 Å². The molecule has 1 amide bonds. The van der Waals surface area contributed by atoms with Gasteiger partial charge >= 0.3 is 0 Å². The molecule has 26 heavy (non-hydrogen) atoms. The molecule has 0 aliphatic carbocycles. The Kier molecular flexibility index (Phi) is 6.42. The number of hydrogen-bond acceptors (Lipinski definition) is 7. The minimum atomic E-state index is -0.486. The number of benzene rings is 1. The molecule has 1 aromatic heterocycles. The number of nitrogens with two attached hydrogens (primary N) is 1. The summed E-state index contributed by atoms with van der Waals surface area (Å²) in [4.78, 5) is 16.4. The van der Waals surface area contributed by atoms with Crippen molar-refractivity contribution in [3.8, 4) is 17.9 Å². The lowest BCUT2D eigenvalue weighted by atomic mass is 10.2. The number of methoxy groups -OCH3 is 1. The molecule has 0 spiro atoms. The molecule has 0 aliphatic rings. The summed E-state index contributed by atoms with van der Waals surface area (Å²) in [7, 11) is 1.59. The first-order valence-electron chi connectivity index (χ1n) is 7.66. The Morgan fingerprint density at radius 2 is 1.96 bits per heavy atom. The number of anilines is 1. The van der Waals surface area contributed by atoms with Crippen LogP contribution in [0.1, 0.15) is 23.6 Å². The highest BCUT2D eigenvalue weighted by atomic mass is 32.2. The average molecular weight is 367 g/mol. The molecule has 0 unspecified atom stereocenters. The number of rotatable bonds is 6. The lowest BCUT2D eigenvalue weighted by Crippen LogP contribution is -2.30. The smallest absolute Gasteiger partial charge is 0.233 e. The van der Waals surface area contributed by atoms with Crippen LogP contribution in [-0.4, -0.2) is 23.3 Å². The number of nitrogens with one attached hydrogen (secondary N) is 1. The van der Waals surface area contributed by atoms with Crippen LogP contribution in [0, 0.1) is 22.7 Å². The van der Waals surface area contributed by atoms with E-state index in [-0.39, 0.29) is 22.9 Å². The lowest BCUT2D eigenvalue weighted by molar-refractivity contribution is -0.120. The fraction of sp³-hybridized carbons (Fsp3) is 0.222. The first-order chi connectivity index (χ1) is 12.5. The Morgan fingerprint density at radius 3 is 2.54 bits per heavy atom. The van der Waals surface area contributed by atoms with E-state index in [9.17, 15) is 10.1 Å². The van der Waals surface area contributed by atoms with Gasteiger partial charge in [0.25, 0.3) is 0 Å². The number of carbonyl (C=O) groups is 1. The normalized spacial score (nSPS) is 11.1. The summed E-state index contributed by atoms with van der Waals surface area (Å²) in [5.41, 5.74) is 7.00. The molecule has 0 saturated carbocycles. The van der Waals surface area contributed by atoms with Gasteiger partial charge in [-0.15, -0.1) is 0 Å². The van der Waals surface area contributed by atoms with Crippen LogP contribution >= 0.6 is 11.8 Å². The van der Waals surface area contributed by atoms with E-state index in [4.69, 9.17) is 15.7 Å². The number of nitrogen functional groups attached to an aromatic ring is 1. The average Bonchev–Trinajstić information content (AvgIpc) is 2.66. The first kappa shape index (κ1) is 19.1. The Morgan fingerprint density at radius 1 is 1.31 bits per heavy atom. The molecule has 0 radical (unpaired) electrons. The molecular formula is C18H17N5O2S. The summed E-state index contributed by atoms with van der Waals surface area (Å²) in [6.07, 6.45) is 0. The van der Waals surface area contributed by atoms with Crippen molar-refractivity contribution < 1.29 is 9.53 Å². The van der Waals surface area contributed by atoms with E-state index in [1.54, 1.807) is 14.0 Å². The molecule has 1 atom stereocenters. The number of amides is 1. The summed E-state index contributed by atoms with van der Waals surface area (Å²) in [6, 6.07) is 12.6. The quantitative estimate of drug-likeness (QED) is 0.750. The molecule has 0 bridgehead atoms. The van der Waals surface area contributed by atoms with Crippen LogP contribution in [0.25, 0.3) is 0 Å². The summed E-state index contributed by atoms with van der Waals surface area (Å²) in [5, 5.41) is 20.8. The minimum absolute atomic E-state index is 0.0415. The lowest BCUT2D eigenvalue weighted by Gasteiger charge is -2.13. The van der Waals surface area contributed by atoms with E-state index in [1.165, 1.54) is 6.07 Å². The second-order valence-electron chi connectivity index (χ2n) is 5.32. The van der Waals surface area contributed by atoms with Crippen LogP contribution in [0.15, 0.2) is 35.4 Å². The van der Waals surface area contributed by atoms with Crippen molar-refractivity contribution in [3.05, 3.63) is 47.0 Å². The molecule has 0 fully saturated rings. The third-order valence-corrected chi connectivity index (χ3v) is 4.64. The van der Waals surface area contributed by atoms with Gasteiger partial charge in [-0.1, -0.05) is 23.9 Å². The van der Waals surface area contributed by atoms with E-state index < -0.39 is 5.25 Å². The molecular weight excluding hydrogens is 350 g/mol. The Balaban J connectivity index is 2.01. The van der Waals surface area contributed by atoms with Gasteiger partial charge in [0.15, 0.2) is 0 Å². The van der Waals surface area contributed by atoms with Crippen LogP contribution in [0.5, 0.6) is 5.75 Å². The van der Waals surface area contributed by atoms with Gasteiger partial charge in [0.2, 0.25) is 5.91 Å². The van der Waals surface area contributed by atoms with Gasteiger partial charge in [-0.05, 0) is 30.7 Å². The standard InChI is InChI=1S/C18H17N5O2S/c1-11(17(24)22-10-12-3-5-15(25-2)6-4-12)26-18-14(9-20)7-13(8-19)16(21)23-18/h3-7,11H,10H2,1-2H3,(H2,21,23)(H,22,24)/t11-/m0/s1.